The van der Waals surface area contributed by atoms with Gasteiger partial charge in [-0.25, -0.2) is 0 Å². The molecule has 1 heterocycles. The van der Waals surface area contributed by atoms with E-state index in [9.17, 15) is 10.2 Å². The summed E-state index contributed by atoms with van der Waals surface area (Å²) < 4.78 is 9.56. The number of ether oxygens (including phenoxy) is 2. The first-order valence-corrected chi connectivity index (χ1v) is 5.15. The van der Waals surface area contributed by atoms with Crippen molar-refractivity contribution in [2.45, 2.75) is 28.5 Å². The molecule has 0 radical (unpaired) electrons. The maximum Gasteiger partial charge on any atom is 0.184 e. The van der Waals surface area contributed by atoms with E-state index in [1.807, 2.05) is 22.6 Å². The standard InChI is InChI=1S/C7H13IO5/c1-12-7-6(11)4(8)5(10)3(2-9)13-7/h3-7,9-11H,2H2,1H3/t3-,4+,5+,6-,7?/m1/s1/i8-4. The van der Waals surface area contributed by atoms with E-state index >= 15 is 0 Å². The average Bonchev–Trinajstić information content (AvgIpc) is 2.15. The normalized spacial score (nSPS) is 46.4. The molecule has 0 saturated carbocycles. The number of aliphatic hydroxyl groups excluding tert-OH is 3. The van der Waals surface area contributed by atoms with Gasteiger partial charge < -0.3 is 24.8 Å². The van der Waals surface area contributed by atoms with Crippen LogP contribution in [0.5, 0.6) is 0 Å². The summed E-state index contributed by atoms with van der Waals surface area (Å²) in [6, 6.07) is 0. The summed E-state index contributed by atoms with van der Waals surface area (Å²) in [4.78, 5) is 0. The average molecular weight is 300 g/mol. The van der Waals surface area contributed by atoms with E-state index in [4.69, 9.17) is 14.6 Å². The fourth-order valence-corrected chi connectivity index (χ4v) is 2.04. The number of rotatable bonds is 2. The van der Waals surface area contributed by atoms with E-state index < -0.39 is 28.5 Å². The van der Waals surface area contributed by atoms with E-state index in [1.54, 1.807) is 0 Å². The Bertz CT molecular complexity index is 147. The molecule has 0 amide bonds. The minimum atomic E-state index is -0.872. The fourth-order valence-electron chi connectivity index (χ4n) is 1.24. The van der Waals surface area contributed by atoms with Crippen LogP contribution in [0.3, 0.4) is 0 Å². The Morgan fingerprint density at radius 2 is 2.00 bits per heavy atom. The van der Waals surface area contributed by atoms with Crippen LogP contribution in [0.1, 0.15) is 0 Å². The molecule has 5 atom stereocenters. The molecule has 0 aromatic heterocycles. The van der Waals surface area contributed by atoms with Crippen molar-refractivity contribution in [3.8, 4) is 0 Å². The van der Waals surface area contributed by atoms with Gasteiger partial charge in [0.2, 0.25) is 0 Å². The van der Waals surface area contributed by atoms with Crippen molar-refractivity contribution in [2.24, 2.45) is 0 Å². The third kappa shape index (κ3) is 2.31. The number of halogens is 1. The molecule has 1 aliphatic rings. The topological polar surface area (TPSA) is 79.2 Å². The number of aliphatic hydroxyl groups is 3. The highest BCUT2D eigenvalue weighted by Gasteiger charge is 2.42. The van der Waals surface area contributed by atoms with Crippen LogP contribution in [0, 0.1) is 0 Å². The molecule has 0 aliphatic carbocycles. The van der Waals surface area contributed by atoms with Crippen LogP contribution in [0.4, 0.5) is 0 Å². The molecule has 1 saturated heterocycles. The first-order chi connectivity index (χ1) is 6.11. The van der Waals surface area contributed by atoms with Gasteiger partial charge in [-0.3, -0.25) is 0 Å². The monoisotopic (exact) mass is 300 g/mol. The van der Waals surface area contributed by atoms with Gasteiger partial charge in [-0.05, 0) is 0 Å². The van der Waals surface area contributed by atoms with Crippen molar-refractivity contribution in [3.05, 3.63) is 0 Å². The number of methoxy groups -OCH3 is 1. The van der Waals surface area contributed by atoms with E-state index in [1.165, 1.54) is 7.11 Å². The minimum Gasteiger partial charge on any atom is -0.394 e. The third-order valence-corrected chi connectivity index (χ3v) is 3.51. The molecular weight excluding hydrogens is 287 g/mol. The van der Waals surface area contributed by atoms with Gasteiger partial charge in [0, 0.05) is 7.11 Å². The third-order valence-electron chi connectivity index (χ3n) is 2.03. The summed E-state index contributed by atoms with van der Waals surface area (Å²) in [5.41, 5.74) is 0. The van der Waals surface area contributed by atoms with Gasteiger partial charge in [0.15, 0.2) is 6.29 Å². The van der Waals surface area contributed by atoms with Crippen LogP contribution >= 0.6 is 22.6 Å². The first-order valence-electron chi connectivity index (χ1n) is 3.91. The minimum absolute atomic E-state index is 0.284. The zero-order chi connectivity index (χ0) is 10.0. The van der Waals surface area contributed by atoms with Gasteiger partial charge in [0.25, 0.3) is 0 Å². The zero-order valence-electron chi connectivity index (χ0n) is 7.13. The largest absolute Gasteiger partial charge is 0.394 e. The molecule has 3 N–H and O–H groups in total. The Labute approximate surface area is 89.8 Å². The summed E-state index contributed by atoms with van der Waals surface area (Å²) in [6.45, 7) is -0.284. The van der Waals surface area contributed by atoms with Gasteiger partial charge in [0.1, 0.15) is 12.2 Å². The molecule has 0 bridgehead atoms. The Morgan fingerprint density at radius 1 is 1.38 bits per heavy atom. The lowest BCUT2D eigenvalue weighted by Gasteiger charge is -2.39. The highest BCUT2D eigenvalue weighted by atomic mass is 123. The molecule has 6 heteroatoms. The van der Waals surface area contributed by atoms with Gasteiger partial charge in [-0.15, -0.1) is 0 Å². The lowest BCUT2D eigenvalue weighted by molar-refractivity contribution is -0.256. The van der Waals surface area contributed by atoms with Gasteiger partial charge >= 0.3 is 0 Å². The van der Waals surface area contributed by atoms with Crippen LogP contribution in [0.2, 0.25) is 0 Å². The number of hydrogen-bond acceptors (Lipinski definition) is 5. The summed E-state index contributed by atoms with van der Waals surface area (Å²) in [5.74, 6) is 0. The van der Waals surface area contributed by atoms with Crippen LogP contribution < -0.4 is 0 Å². The predicted octanol–water partition coefficient (Wildman–Crippen LogP) is -1.12. The molecule has 0 spiro atoms. The van der Waals surface area contributed by atoms with Crippen molar-refractivity contribution in [1.82, 2.24) is 0 Å². The predicted molar refractivity (Wildman–Crippen MR) is 52.6 cm³/mol. The van der Waals surface area contributed by atoms with Crippen molar-refractivity contribution < 1.29 is 24.8 Å². The summed E-state index contributed by atoms with van der Waals surface area (Å²) >= 11 is 1.91. The quantitative estimate of drug-likeness (QED) is 0.444. The molecule has 1 unspecified atom stereocenters. The Balaban J connectivity index is 2.66. The van der Waals surface area contributed by atoms with Crippen molar-refractivity contribution >= 4 is 22.6 Å². The number of alkyl halides is 1. The number of hydrogen-bond donors (Lipinski definition) is 3. The maximum atomic E-state index is 9.52. The molecule has 0 aromatic carbocycles. The second kappa shape index (κ2) is 4.85. The lowest BCUT2D eigenvalue weighted by atomic mass is 10.0. The SMILES string of the molecule is COC1O[C@H](CO)[C@H](O)[C@H]([123I])[C@H]1O. The molecular formula is C7H13IO5. The Hall–Kier alpha value is 0.530. The summed E-state index contributed by atoms with van der Waals surface area (Å²) in [6.07, 6.45) is -3.20. The summed E-state index contributed by atoms with van der Waals surface area (Å²) in [7, 11) is 1.41. The van der Waals surface area contributed by atoms with Crippen LogP contribution in [0.25, 0.3) is 0 Å². The lowest BCUT2D eigenvalue weighted by Crippen LogP contribution is -2.56. The van der Waals surface area contributed by atoms with Crippen LogP contribution in [0.15, 0.2) is 0 Å². The van der Waals surface area contributed by atoms with Crippen molar-refractivity contribution in [3.63, 3.8) is 0 Å². The van der Waals surface area contributed by atoms with E-state index in [0.717, 1.165) is 0 Å². The summed E-state index contributed by atoms with van der Waals surface area (Å²) in [5, 5.41) is 27.9. The highest BCUT2D eigenvalue weighted by molar-refractivity contribution is 14.1. The Kier molecular flexibility index (Phi) is 4.33. The second-order valence-electron chi connectivity index (χ2n) is 2.89. The van der Waals surface area contributed by atoms with E-state index in [2.05, 4.69) is 0 Å². The zero-order valence-corrected chi connectivity index (χ0v) is 9.29. The molecule has 5 nitrogen and oxygen atoms in total. The van der Waals surface area contributed by atoms with E-state index in [-0.39, 0.29) is 6.61 Å². The van der Waals surface area contributed by atoms with Gasteiger partial charge in [0.05, 0.1) is 16.6 Å². The smallest absolute Gasteiger partial charge is 0.184 e. The second-order valence-corrected chi connectivity index (χ2v) is 4.33. The Morgan fingerprint density at radius 3 is 2.46 bits per heavy atom. The molecule has 78 valence electrons. The van der Waals surface area contributed by atoms with Gasteiger partial charge in [-0.1, -0.05) is 22.6 Å². The molecule has 1 rings (SSSR count). The molecule has 0 aromatic rings. The van der Waals surface area contributed by atoms with Crippen molar-refractivity contribution in [2.75, 3.05) is 13.7 Å². The van der Waals surface area contributed by atoms with Gasteiger partial charge in [-0.2, -0.15) is 0 Å². The van der Waals surface area contributed by atoms with Crippen LogP contribution in [-0.4, -0.2) is 57.6 Å². The van der Waals surface area contributed by atoms with Crippen LogP contribution in [-0.2, 0) is 9.47 Å². The van der Waals surface area contributed by atoms with E-state index in [0.29, 0.717) is 0 Å². The molecule has 1 fully saturated rings. The maximum absolute atomic E-state index is 9.52. The molecule has 13 heavy (non-hydrogen) atoms. The first kappa shape index (κ1) is 11.6. The van der Waals surface area contributed by atoms with Crippen molar-refractivity contribution in [1.29, 1.82) is 0 Å². The highest BCUT2D eigenvalue weighted by Crippen LogP contribution is 2.26. The fraction of sp³-hybridized carbons (Fsp3) is 1.00. The molecule has 1 aliphatic heterocycles.